The van der Waals surface area contributed by atoms with Gasteiger partial charge in [0.25, 0.3) is 0 Å². The van der Waals surface area contributed by atoms with Crippen LogP contribution in [0.4, 0.5) is 4.39 Å². The lowest BCUT2D eigenvalue weighted by Gasteiger charge is -2.11. The molecule has 0 saturated carbocycles. The number of aliphatic hydroxyl groups is 1. The number of halogens is 4. The van der Waals surface area contributed by atoms with Crippen LogP contribution in [0.15, 0.2) is 31.8 Å². The van der Waals surface area contributed by atoms with Gasteiger partial charge in [0.1, 0.15) is 11.9 Å². The van der Waals surface area contributed by atoms with Crippen LogP contribution in [0, 0.1) is 5.82 Å². The summed E-state index contributed by atoms with van der Waals surface area (Å²) in [5.74, 6) is -0.476. The van der Waals surface area contributed by atoms with Crippen LogP contribution in [0.2, 0.25) is 5.02 Å². The number of hydrogen-bond acceptors (Lipinski definition) is 2. The number of rotatable bonds is 2. The molecule has 0 spiro atoms. The lowest BCUT2D eigenvalue weighted by Crippen LogP contribution is -2.01. The maximum atomic E-state index is 13.6. The minimum Gasteiger partial charge on any atom is -0.383 e. The molecule has 0 aliphatic carbocycles. The standard InChI is InChI=1S/C11H6Br2ClFOS/c12-9-4-7(11(13)17-9)10(16)6-3-5(14)1-2-8(6)15/h1-4,10,16H. The Morgan fingerprint density at radius 1 is 1.24 bits per heavy atom. The van der Waals surface area contributed by atoms with E-state index in [2.05, 4.69) is 31.9 Å². The molecule has 90 valence electrons. The molecule has 2 aromatic rings. The molecule has 0 saturated heterocycles. The Labute approximate surface area is 123 Å². The summed E-state index contributed by atoms with van der Waals surface area (Å²) in [7, 11) is 0. The van der Waals surface area contributed by atoms with Gasteiger partial charge < -0.3 is 5.11 Å². The average molecular weight is 400 g/mol. The van der Waals surface area contributed by atoms with Crippen molar-refractivity contribution < 1.29 is 9.50 Å². The van der Waals surface area contributed by atoms with E-state index in [1.165, 1.54) is 29.5 Å². The summed E-state index contributed by atoms with van der Waals surface area (Å²) in [5.41, 5.74) is 0.784. The number of hydrogen-bond donors (Lipinski definition) is 1. The summed E-state index contributed by atoms with van der Waals surface area (Å²) in [6.07, 6.45) is -1.04. The Morgan fingerprint density at radius 2 is 1.94 bits per heavy atom. The molecule has 0 aliphatic heterocycles. The molecule has 2 rings (SSSR count). The van der Waals surface area contributed by atoms with E-state index in [1.54, 1.807) is 6.07 Å². The first-order valence-electron chi connectivity index (χ1n) is 4.57. The normalized spacial score (nSPS) is 12.8. The van der Waals surface area contributed by atoms with E-state index in [4.69, 9.17) is 11.6 Å². The van der Waals surface area contributed by atoms with Crippen LogP contribution in [-0.4, -0.2) is 5.11 Å². The lowest BCUT2D eigenvalue weighted by atomic mass is 10.0. The summed E-state index contributed by atoms with van der Waals surface area (Å²) in [5, 5.41) is 10.5. The van der Waals surface area contributed by atoms with E-state index >= 15 is 0 Å². The van der Waals surface area contributed by atoms with Gasteiger partial charge in [0.15, 0.2) is 0 Å². The molecule has 0 amide bonds. The molecule has 17 heavy (non-hydrogen) atoms. The van der Waals surface area contributed by atoms with Crippen molar-refractivity contribution in [3.05, 3.63) is 53.8 Å². The van der Waals surface area contributed by atoms with Crippen LogP contribution in [-0.2, 0) is 0 Å². The molecular formula is C11H6Br2ClFOS. The fraction of sp³-hybridized carbons (Fsp3) is 0.0909. The number of thiophene rings is 1. The molecule has 1 nitrogen and oxygen atoms in total. The molecule has 1 heterocycles. The van der Waals surface area contributed by atoms with Gasteiger partial charge in [0.2, 0.25) is 0 Å². The van der Waals surface area contributed by atoms with Gasteiger partial charge in [0.05, 0.1) is 7.57 Å². The molecule has 1 aromatic carbocycles. The predicted octanol–water partition coefficient (Wildman–Crippen LogP) is 5.15. The Bertz CT molecular complexity index is 558. The molecule has 1 unspecified atom stereocenters. The maximum Gasteiger partial charge on any atom is 0.129 e. The van der Waals surface area contributed by atoms with E-state index in [0.29, 0.717) is 10.6 Å². The molecule has 0 bridgehead atoms. The highest BCUT2D eigenvalue weighted by Crippen LogP contribution is 2.38. The van der Waals surface area contributed by atoms with E-state index in [9.17, 15) is 9.50 Å². The minimum atomic E-state index is -1.04. The molecule has 0 fully saturated rings. The second-order valence-electron chi connectivity index (χ2n) is 3.35. The van der Waals surface area contributed by atoms with Gasteiger partial charge in [-0.2, -0.15) is 0 Å². The Balaban J connectivity index is 2.46. The summed E-state index contributed by atoms with van der Waals surface area (Å²) in [6, 6.07) is 5.88. The second-order valence-corrected chi connectivity index (χ2v) is 7.53. The van der Waals surface area contributed by atoms with Gasteiger partial charge >= 0.3 is 0 Å². The fourth-order valence-electron chi connectivity index (χ4n) is 1.43. The zero-order valence-electron chi connectivity index (χ0n) is 8.25. The first-order valence-corrected chi connectivity index (χ1v) is 7.35. The second kappa shape index (κ2) is 5.36. The molecule has 1 aromatic heterocycles. The number of aliphatic hydroxyl groups excluding tert-OH is 1. The van der Waals surface area contributed by atoms with Crippen LogP contribution in [0.1, 0.15) is 17.2 Å². The van der Waals surface area contributed by atoms with Crippen LogP contribution in [0.25, 0.3) is 0 Å². The molecular weight excluding hydrogens is 394 g/mol. The average Bonchev–Trinajstić information content (AvgIpc) is 2.60. The SMILES string of the molecule is OC(c1cc(Cl)ccc1F)c1cc(Br)sc1Br. The van der Waals surface area contributed by atoms with Gasteiger partial charge in [-0.25, -0.2) is 4.39 Å². The van der Waals surface area contributed by atoms with Crippen LogP contribution < -0.4 is 0 Å². The van der Waals surface area contributed by atoms with Crippen molar-refractivity contribution in [2.45, 2.75) is 6.10 Å². The van der Waals surface area contributed by atoms with Gasteiger partial charge in [-0.05, 0) is 56.1 Å². The largest absolute Gasteiger partial charge is 0.383 e. The van der Waals surface area contributed by atoms with Crippen molar-refractivity contribution in [3.63, 3.8) is 0 Å². The van der Waals surface area contributed by atoms with Crippen molar-refractivity contribution in [1.29, 1.82) is 0 Å². The minimum absolute atomic E-state index is 0.170. The van der Waals surface area contributed by atoms with Crippen molar-refractivity contribution >= 4 is 54.8 Å². The van der Waals surface area contributed by atoms with E-state index < -0.39 is 11.9 Å². The zero-order valence-corrected chi connectivity index (χ0v) is 13.0. The summed E-state index contributed by atoms with van der Waals surface area (Å²) < 4.78 is 15.2. The third kappa shape index (κ3) is 2.90. The van der Waals surface area contributed by atoms with Crippen molar-refractivity contribution in [2.75, 3.05) is 0 Å². The van der Waals surface area contributed by atoms with Crippen molar-refractivity contribution in [1.82, 2.24) is 0 Å². The zero-order chi connectivity index (χ0) is 12.6. The molecule has 0 radical (unpaired) electrons. The summed E-state index contributed by atoms with van der Waals surface area (Å²) >= 11 is 13.9. The first kappa shape index (κ1) is 13.5. The predicted molar refractivity (Wildman–Crippen MR) is 75.2 cm³/mol. The molecule has 1 atom stereocenters. The van der Waals surface area contributed by atoms with Gasteiger partial charge in [-0.15, -0.1) is 11.3 Å². The molecule has 0 aliphatic rings. The van der Waals surface area contributed by atoms with Crippen molar-refractivity contribution in [2.24, 2.45) is 0 Å². The first-order chi connectivity index (χ1) is 7.99. The van der Waals surface area contributed by atoms with Crippen LogP contribution in [0.5, 0.6) is 0 Å². The molecule has 6 heteroatoms. The fourth-order valence-corrected chi connectivity index (χ4v) is 4.50. The smallest absolute Gasteiger partial charge is 0.129 e. The monoisotopic (exact) mass is 398 g/mol. The van der Waals surface area contributed by atoms with Crippen LogP contribution >= 0.6 is 54.8 Å². The van der Waals surface area contributed by atoms with Crippen molar-refractivity contribution in [3.8, 4) is 0 Å². The van der Waals surface area contributed by atoms with E-state index in [0.717, 1.165) is 7.57 Å². The lowest BCUT2D eigenvalue weighted by molar-refractivity contribution is 0.215. The third-order valence-electron chi connectivity index (χ3n) is 2.23. The highest BCUT2D eigenvalue weighted by atomic mass is 79.9. The Kier molecular flexibility index (Phi) is 4.26. The van der Waals surface area contributed by atoms with Gasteiger partial charge in [0, 0.05) is 16.1 Å². The third-order valence-corrected chi connectivity index (χ3v) is 4.85. The van der Waals surface area contributed by atoms with Gasteiger partial charge in [-0.1, -0.05) is 11.6 Å². The Morgan fingerprint density at radius 3 is 2.53 bits per heavy atom. The van der Waals surface area contributed by atoms with Gasteiger partial charge in [-0.3, -0.25) is 0 Å². The Hall–Kier alpha value is 0.0600. The highest BCUT2D eigenvalue weighted by molar-refractivity contribution is 9.12. The topological polar surface area (TPSA) is 20.2 Å². The maximum absolute atomic E-state index is 13.6. The highest BCUT2D eigenvalue weighted by Gasteiger charge is 2.19. The quantitative estimate of drug-likeness (QED) is 0.739. The van der Waals surface area contributed by atoms with Crippen LogP contribution in [0.3, 0.4) is 0 Å². The number of benzene rings is 1. The summed E-state index contributed by atoms with van der Waals surface area (Å²) in [4.78, 5) is 0. The van der Waals surface area contributed by atoms with E-state index in [1.807, 2.05) is 0 Å². The summed E-state index contributed by atoms with van der Waals surface area (Å²) in [6.45, 7) is 0. The molecule has 1 N–H and O–H groups in total. The van der Waals surface area contributed by atoms with E-state index in [-0.39, 0.29) is 5.56 Å².